The maximum atomic E-state index is 12.6. The molecule has 0 saturated carbocycles. The highest BCUT2D eigenvalue weighted by molar-refractivity contribution is 7.92. The molecule has 0 aliphatic rings. The summed E-state index contributed by atoms with van der Waals surface area (Å²) in [5.41, 5.74) is 2.70. The van der Waals surface area contributed by atoms with Gasteiger partial charge in [0.2, 0.25) is 15.9 Å². The topological polar surface area (TPSA) is 69.7 Å². The largest absolute Gasteiger partial charge is 0.355 e. The lowest BCUT2D eigenvalue weighted by Gasteiger charge is -2.29. The van der Waals surface area contributed by atoms with Gasteiger partial charge in [-0.25, -0.2) is 8.42 Å². The lowest BCUT2D eigenvalue weighted by molar-refractivity contribution is -0.120. The Morgan fingerprint density at radius 3 is 1.96 bits per heavy atom. The van der Waals surface area contributed by atoms with Crippen LogP contribution in [-0.2, 0) is 14.8 Å². The number of hydrogen-bond acceptors (Lipinski definition) is 4. The molecule has 0 bridgehead atoms. The Morgan fingerprint density at radius 2 is 1.56 bits per heavy atom. The van der Waals surface area contributed by atoms with E-state index in [1.54, 1.807) is 0 Å². The van der Waals surface area contributed by atoms with Crippen molar-refractivity contribution in [1.82, 2.24) is 10.2 Å². The zero-order chi connectivity index (χ0) is 20.8. The number of nitrogens with zero attached hydrogens (tertiary/aromatic N) is 2. The van der Waals surface area contributed by atoms with Crippen molar-refractivity contribution in [3.05, 3.63) is 29.3 Å². The van der Waals surface area contributed by atoms with E-state index in [1.807, 2.05) is 37.2 Å². The minimum absolute atomic E-state index is 0.129. The fourth-order valence-corrected chi connectivity index (χ4v) is 3.92. The van der Waals surface area contributed by atoms with E-state index in [4.69, 9.17) is 0 Å². The van der Waals surface area contributed by atoms with Gasteiger partial charge in [-0.05, 0) is 37.1 Å². The zero-order valence-corrected chi connectivity index (χ0v) is 18.6. The highest BCUT2D eigenvalue weighted by atomic mass is 32.2. The van der Waals surface area contributed by atoms with Crippen LogP contribution in [0.5, 0.6) is 0 Å². The normalized spacial score (nSPS) is 12.1. The Kier molecular flexibility index (Phi) is 8.75. The summed E-state index contributed by atoms with van der Waals surface area (Å²) in [6, 6.07) is 5.92. The van der Waals surface area contributed by atoms with E-state index in [2.05, 4.69) is 33.0 Å². The van der Waals surface area contributed by atoms with Crippen molar-refractivity contribution in [2.24, 2.45) is 0 Å². The molecule has 0 aliphatic heterocycles. The molecule has 6 nitrogen and oxygen atoms in total. The monoisotopic (exact) mass is 397 g/mol. The average Bonchev–Trinajstić information content (AvgIpc) is 2.53. The lowest BCUT2D eigenvalue weighted by atomic mass is 9.92. The van der Waals surface area contributed by atoms with Crippen LogP contribution in [0, 0.1) is 0 Å². The molecule has 0 aromatic heterocycles. The van der Waals surface area contributed by atoms with Gasteiger partial charge in [0.05, 0.1) is 11.9 Å². The number of rotatable bonds is 10. The van der Waals surface area contributed by atoms with Gasteiger partial charge in [0.15, 0.2) is 0 Å². The molecule has 0 atom stereocenters. The summed E-state index contributed by atoms with van der Waals surface area (Å²) in [6.45, 7) is 9.64. The van der Waals surface area contributed by atoms with Crippen LogP contribution < -0.4 is 9.62 Å². The first-order chi connectivity index (χ1) is 12.4. The van der Waals surface area contributed by atoms with Crippen LogP contribution in [0.15, 0.2) is 18.2 Å². The van der Waals surface area contributed by atoms with Crippen LogP contribution in [0.2, 0.25) is 0 Å². The summed E-state index contributed by atoms with van der Waals surface area (Å²) in [6.07, 6.45) is 1.34. The molecule has 154 valence electrons. The van der Waals surface area contributed by atoms with E-state index in [9.17, 15) is 13.2 Å². The Labute approximate surface area is 165 Å². The third kappa shape index (κ3) is 7.14. The number of benzene rings is 1. The highest BCUT2D eigenvalue weighted by Gasteiger charge is 2.26. The minimum atomic E-state index is -3.51. The first-order valence-corrected chi connectivity index (χ1v) is 11.3. The number of para-hydroxylation sites is 1. The molecule has 1 rings (SSSR count). The molecule has 1 N–H and O–H groups in total. The van der Waals surface area contributed by atoms with Crippen molar-refractivity contribution in [1.29, 1.82) is 0 Å². The molecule has 0 saturated heterocycles. The number of nitrogens with one attached hydrogen (secondary N) is 1. The van der Waals surface area contributed by atoms with Gasteiger partial charge in [0, 0.05) is 26.1 Å². The van der Waals surface area contributed by atoms with Gasteiger partial charge in [-0.15, -0.1) is 0 Å². The molecule has 1 amide bonds. The summed E-state index contributed by atoms with van der Waals surface area (Å²) >= 11 is 0. The van der Waals surface area contributed by atoms with E-state index in [-0.39, 0.29) is 30.7 Å². The molecule has 27 heavy (non-hydrogen) atoms. The standard InChI is InChI=1S/C20H35N3O3S/c1-15(2)17-9-8-10-18(16(3)4)20(17)23(27(7,25)26)13-11-19(24)21-12-14-22(5)6/h8-10,15-16H,11-14H2,1-7H3,(H,21,24). The van der Waals surface area contributed by atoms with Gasteiger partial charge in [-0.3, -0.25) is 9.10 Å². The molecular weight excluding hydrogens is 362 g/mol. The van der Waals surface area contributed by atoms with Gasteiger partial charge in [-0.2, -0.15) is 0 Å². The summed E-state index contributed by atoms with van der Waals surface area (Å²) in [5, 5.41) is 2.84. The molecular formula is C20H35N3O3S. The molecule has 1 aromatic carbocycles. The number of anilines is 1. The number of hydrogen-bond donors (Lipinski definition) is 1. The Hall–Kier alpha value is -1.60. The van der Waals surface area contributed by atoms with Gasteiger partial charge in [-0.1, -0.05) is 45.9 Å². The van der Waals surface area contributed by atoms with E-state index >= 15 is 0 Å². The van der Waals surface area contributed by atoms with Crippen molar-refractivity contribution in [3.63, 3.8) is 0 Å². The quantitative estimate of drug-likeness (QED) is 0.659. The van der Waals surface area contributed by atoms with Gasteiger partial charge in [0.25, 0.3) is 0 Å². The summed E-state index contributed by atoms with van der Waals surface area (Å²) in [7, 11) is 0.362. The molecule has 0 heterocycles. The second-order valence-electron chi connectivity index (χ2n) is 7.83. The van der Waals surface area contributed by atoms with E-state index < -0.39 is 10.0 Å². The maximum absolute atomic E-state index is 12.6. The second-order valence-corrected chi connectivity index (χ2v) is 9.74. The number of likely N-dealkylation sites (N-methyl/N-ethyl adjacent to an activating group) is 1. The van der Waals surface area contributed by atoms with Crippen molar-refractivity contribution in [3.8, 4) is 0 Å². The molecule has 0 fully saturated rings. The number of carbonyl (C=O) groups excluding carboxylic acids is 1. The Bertz CT molecular complexity index is 702. The third-order valence-corrected chi connectivity index (χ3v) is 5.58. The molecule has 0 radical (unpaired) electrons. The molecule has 7 heteroatoms. The van der Waals surface area contributed by atoms with Crippen LogP contribution >= 0.6 is 0 Å². The summed E-state index contributed by atoms with van der Waals surface area (Å²) in [4.78, 5) is 14.2. The van der Waals surface area contributed by atoms with Crippen LogP contribution in [0.25, 0.3) is 0 Å². The van der Waals surface area contributed by atoms with Gasteiger partial charge < -0.3 is 10.2 Å². The predicted octanol–water partition coefficient (Wildman–Crippen LogP) is 2.77. The third-order valence-electron chi connectivity index (χ3n) is 4.42. The summed E-state index contributed by atoms with van der Waals surface area (Å²) < 4.78 is 26.6. The molecule has 1 aromatic rings. The summed E-state index contributed by atoms with van der Waals surface area (Å²) in [5.74, 6) is 0.215. The van der Waals surface area contributed by atoms with Crippen molar-refractivity contribution in [2.45, 2.75) is 46.0 Å². The molecule has 0 aliphatic carbocycles. The fourth-order valence-electron chi connectivity index (χ4n) is 2.95. The molecule has 0 spiro atoms. The first kappa shape index (κ1) is 23.4. The van der Waals surface area contributed by atoms with E-state index in [1.165, 1.54) is 10.6 Å². The van der Waals surface area contributed by atoms with Crippen LogP contribution in [0.1, 0.15) is 57.1 Å². The van der Waals surface area contributed by atoms with Crippen molar-refractivity contribution >= 4 is 21.6 Å². The van der Waals surface area contributed by atoms with Gasteiger partial charge >= 0.3 is 0 Å². The van der Waals surface area contributed by atoms with Crippen LogP contribution in [-0.4, -0.2) is 59.2 Å². The van der Waals surface area contributed by atoms with E-state index in [0.717, 1.165) is 23.4 Å². The Balaban J connectivity index is 3.14. The minimum Gasteiger partial charge on any atom is -0.355 e. The van der Waals surface area contributed by atoms with Crippen molar-refractivity contribution < 1.29 is 13.2 Å². The number of carbonyl (C=O) groups is 1. The van der Waals surface area contributed by atoms with Crippen molar-refractivity contribution in [2.75, 3.05) is 44.3 Å². The lowest BCUT2D eigenvalue weighted by Crippen LogP contribution is -2.37. The predicted molar refractivity (Wildman–Crippen MR) is 113 cm³/mol. The highest BCUT2D eigenvalue weighted by Crippen LogP contribution is 2.36. The maximum Gasteiger partial charge on any atom is 0.232 e. The number of amides is 1. The zero-order valence-electron chi connectivity index (χ0n) is 17.7. The Morgan fingerprint density at radius 1 is 1.04 bits per heavy atom. The van der Waals surface area contributed by atoms with E-state index in [0.29, 0.717) is 6.54 Å². The second kappa shape index (κ2) is 10.1. The molecule has 0 unspecified atom stereocenters. The smallest absolute Gasteiger partial charge is 0.232 e. The SMILES string of the molecule is CC(C)c1cccc(C(C)C)c1N(CCC(=O)NCCN(C)C)S(C)(=O)=O. The van der Waals surface area contributed by atoms with Crippen LogP contribution in [0.4, 0.5) is 5.69 Å². The fraction of sp³-hybridized carbons (Fsp3) is 0.650. The van der Waals surface area contributed by atoms with Gasteiger partial charge in [0.1, 0.15) is 0 Å². The average molecular weight is 398 g/mol. The number of sulfonamides is 1. The first-order valence-electron chi connectivity index (χ1n) is 9.47. The van der Waals surface area contributed by atoms with Crippen LogP contribution in [0.3, 0.4) is 0 Å².